The number of hydrazine groups is 1. The Morgan fingerprint density at radius 3 is 2.23 bits per heavy atom. The molecule has 0 radical (unpaired) electrons. The highest BCUT2D eigenvalue weighted by molar-refractivity contribution is 7.80. The van der Waals surface area contributed by atoms with E-state index in [1.165, 1.54) is 7.11 Å². The van der Waals surface area contributed by atoms with Crippen LogP contribution < -0.4 is 20.9 Å². The Labute approximate surface area is 157 Å². The van der Waals surface area contributed by atoms with E-state index in [-0.39, 0.29) is 11.0 Å². The van der Waals surface area contributed by atoms with Gasteiger partial charge >= 0.3 is 0 Å². The number of carbonyl (C=O) groups is 2. The maximum absolute atomic E-state index is 12.2. The van der Waals surface area contributed by atoms with Gasteiger partial charge < -0.3 is 4.74 Å². The van der Waals surface area contributed by atoms with Gasteiger partial charge in [0.1, 0.15) is 5.75 Å². The molecule has 0 spiro atoms. The van der Waals surface area contributed by atoms with Crippen LogP contribution in [0.1, 0.15) is 46.0 Å². The molecule has 0 aromatic heterocycles. The summed E-state index contributed by atoms with van der Waals surface area (Å²) in [4.78, 5) is 24.3. The first-order valence-corrected chi connectivity index (χ1v) is 8.48. The number of hydrogen-bond acceptors (Lipinski definition) is 4. The van der Waals surface area contributed by atoms with E-state index in [1.807, 2.05) is 12.1 Å². The molecule has 0 atom stereocenters. The molecule has 136 valence electrons. The molecule has 0 heterocycles. The summed E-state index contributed by atoms with van der Waals surface area (Å²) in [7, 11) is 1.48. The van der Waals surface area contributed by atoms with E-state index in [9.17, 15) is 9.59 Å². The van der Waals surface area contributed by atoms with Crippen LogP contribution in [0, 0.1) is 0 Å². The molecule has 0 saturated carbocycles. The highest BCUT2D eigenvalue weighted by Gasteiger charge is 2.13. The van der Waals surface area contributed by atoms with Crippen LogP contribution in [-0.2, 0) is 0 Å². The zero-order valence-corrected chi connectivity index (χ0v) is 15.6. The SMILES string of the molecule is COc1ccccc1C(=O)NNC(=S)NC(=O)c1ccc(C(C)C)cc1. The number of hydrogen-bond donors (Lipinski definition) is 3. The molecule has 7 heteroatoms. The highest BCUT2D eigenvalue weighted by Crippen LogP contribution is 2.16. The summed E-state index contributed by atoms with van der Waals surface area (Å²) in [6.45, 7) is 4.16. The van der Waals surface area contributed by atoms with Gasteiger partial charge in [0.2, 0.25) is 0 Å². The number of carbonyl (C=O) groups excluding carboxylic acids is 2. The molecule has 6 nitrogen and oxygen atoms in total. The van der Waals surface area contributed by atoms with E-state index in [4.69, 9.17) is 17.0 Å². The fourth-order valence-electron chi connectivity index (χ4n) is 2.24. The lowest BCUT2D eigenvalue weighted by Crippen LogP contribution is -2.48. The summed E-state index contributed by atoms with van der Waals surface area (Å²) >= 11 is 5.04. The molecule has 0 aliphatic rings. The second-order valence-corrected chi connectivity index (χ2v) is 6.25. The van der Waals surface area contributed by atoms with Crippen LogP contribution in [0.5, 0.6) is 5.75 Å². The zero-order valence-electron chi connectivity index (χ0n) is 14.8. The van der Waals surface area contributed by atoms with E-state index in [0.29, 0.717) is 22.8 Å². The molecule has 0 aliphatic heterocycles. The van der Waals surface area contributed by atoms with Crippen molar-refractivity contribution >= 4 is 29.1 Å². The van der Waals surface area contributed by atoms with Gasteiger partial charge in [-0.15, -0.1) is 0 Å². The van der Waals surface area contributed by atoms with Crippen LogP contribution >= 0.6 is 12.2 Å². The smallest absolute Gasteiger partial charge is 0.273 e. The first kappa shape index (κ1) is 19.4. The Kier molecular flexibility index (Phi) is 6.68. The second kappa shape index (κ2) is 8.96. The van der Waals surface area contributed by atoms with Crippen molar-refractivity contribution in [2.45, 2.75) is 19.8 Å². The minimum atomic E-state index is -0.430. The Morgan fingerprint density at radius 1 is 0.962 bits per heavy atom. The van der Waals surface area contributed by atoms with E-state index < -0.39 is 5.91 Å². The largest absolute Gasteiger partial charge is 0.496 e. The molecule has 26 heavy (non-hydrogen) atoms. The molecular formula is C19H21N3O3S. The molecule has 3 N–H and O–H groups in total. The van der Waals surface area contributed by atoms with Crippen molar-refractivity contribution < 1.29 is 14.3 Å². The third-order valence-corrected chi connectivity index (χ3v) is 3.91. The lowest BCUT2D eigenvalue weighted by Gasteiger charge is -2.12. The minimum Gasteiger partial charge on any atom is -0.496 e. The molecule has 0 aliphatic carbocycles. The number of thiocarbonyl (C=S) groups is 1. The third-order valence-electron chi connectivity index (χ3n) is 3.71. The van der Waals surface area contributed by atoms with Gasteiger partial charge in [0, 0.05) is 5.56 Å². The van der Waals surface area contributed by atoms with Crippen LogP contribution in [0.15, 0.2) is 48.5 Å². The van der Waals surface area contributed by atoms with Gasteiger partial charge in [0.05, 0.1) is 12.7 Å². The van der Waals surface area contributed by atoms with Crippen molar-refractivity contribution in [3.05, 3.63) is 65.2 Å². The van der Waals surface area contributed by atoms with Crippen molar-refractivity contribution in [1.29, 1.82) is 0 Å². The van der Waals surface area contributed by atoms with Crippen molar-refractivity contribution in [3.8, 4) is 5.75 Å². The van der Waals surface area contributed by atoms with E-state index in [2.05, 4.69) is 30.0 Å². The Bertz CT molecular complexity index is 804. The average Bonchev–Trinajstić information content (AvgIpc) is 2.66. The Morgan fingerprint density at radius 2 is 1.62 bits per heavy atom. The van der Waals surface area contributed by atoms with Crippen molar-refractivity contribution in [1.82, 2.24) is 16.2 Å². The molecular weight excluding hydrogens is 350 g/mol. The van der Waals surface area contributed by atoms with Crippen molar-refractivity contribution in [2.24, 2.45) is 0 Å². The van der Waals surface area contributed by atoms with Gasteiger partial charge in [-0.25, -0.2) is 0 Å². The number of ether oxygens (including phenoxy) is 1. The summed E-state index contributed by atoms with van der Waals surface area (Å²) in [5.74, 6) is 0.0386. The predicted octanol–water partition coefficient (Wildman–Crippen LogP) is 2.77. The monoisotopic (exact) mass is 371 g/mol. The molecule has 2 amide bonds. The normalized spacial score (nSPS) is 10.2. The molecule has 0 unspecified atom stereocenters. The van der Waals surface area contributed by atoms with Crippen LogP contribution in [0.2, 0.25) is 0 Å². The van der Waals surface area contributed by atoms with E-state index in [1.54, 1.807) is 36.4 Å². The van der Waals surface area contributed by atoms with E-state index >= 15 is 0 Å². The van der Waals surface area contributed by atoms with Crippen molar-refractivity contribution in [2.75, 3.05) is 7.11 Å². The van der Waals surface area contributed by atoms with E-state index in [0.717, 1.165) is 5.56 Å². The lowest BCUT2D eigenvalue weighted by atomic mass is 10.0. The summed E-state index contributed by atoms with van der Waals surface area (Å²) < 4.78 is 5.13. The zero-order chi connectivity index (χ0) is 19.1. The fraction of sp³-hybridized carbons (Fsp3) is 0.211. The molecule has 0 bridgehead atoms. The molecule has 2 aromatic rings. The average molecular weight is 371 g/mol. The van der Waals surface area contributed by atoms with Crippen LogP contribution in [0.3, 0.4) is 0 Å². The van der Waals surface area contributed by atoms with Crippen LogP contribution in [-0.4, -0.2) is 24.0 Å². The number of nitrogens with one attached hydrogen (secondary N) is 3. The first-order chi connectivity index (χ1) is 12.4. The van der Waals surface area contributed by atoms with Gasteiger partial charge in [-0.1, -0.05) is 38.1 Å². The van der Waals surface area contributed by atoms with Gasteiger partial charge in [0.25, 0.3) is 11.8 Å². The second-order valence-electron chi connectivity index (χ2n) is 5.84. The molecule has 0 fully saturated rings. The van der Waals surface area contributed by atoms with Crippen molar-refractivity contribution in [3.63, 3.8) is 0 Å². The highest BCUT2D eigenvalue weighted by atomic mass is 32.1. The third kappa shape index (κ3) is 5.03. The standard InChI is InChI=1S/C19H21N3O3S/c1-12(2)13-8-10-14(11-9-13)17(23)20-19(26)22-21-18(24)15-6-4-5-7-16(15)25-3/h4-12H,1-3H3,(H,21,24)(H2,20,22,23,26). The number of methoxy groups -OCH3 is 1. The number of rotatable bonds is 4. The van der Waals surface area contributed by atoms with Crippen LogP contribution in [0.25, 0.3) is 0 Å². The Hall–Kier alpha value is -2.93. The summed E-state index contributed by atoms with van der Waals surface area (Å²) in [6.07, 6.45) is 0. The number of benzene rings is 2. The summed E-state index contributed by atoms with van der Waals surface area (Å²) in [6, 6.07) is 14.1. The number of para-hydroxylation sites is 1. The Balaban J connectivity index is 1.90. The van der Waals surface area contributed by atoms with Gasteiger partial charge in [-0.05, 0) is 48.0 Å². The van der Waals surface area contributed by atoms with Gasteiger partial charge in [-0.2, -0.15) is 0 Å². The predicted molar refractivity (Wildman–Crippen MR) is 104 cm³/mol. The topological polar surface area (TPSA) is 79.5 Å². The maximum atomic E-state index is 12.2. The molecule has 2 aromatic carbocycles. The number of amides is 2. The fourth-order valence-corrected chi connectivity index (χ4v) is 2.38. The van der Waals surface area contributed by atoms with Gasteiger partial charge in [-0.3, -0.25) is 25.8 Å². The lowest BCUT2D eigenvalue weighted by molar-refractivity contribution is 0.0932. The summed E-state index contributed by atoms with van der Waals surface area (Å²) in [5, 5.41) is 2.51. The maximum Gasteiger partial charge on any atom is 0.273 e. The summed E-state index contributed by atoms with van der Waals surface area (Å²) in [5.41, 5.74) is 6.91. The minimum absolute atomic E-state index is 0.00816. The quantitative estimate of drug-likeness (QED) is 0.569. The van der Waals surface area contributed by atoms with Crippen LogP contribution in [0.4, 0.5) is 0 Å². The first-order valence-electron chi connectivity index (χ1n) is 8.07. The molecule has 0 saturated heterocycles. The van der Waals surface area contributed by atoms with Gasteiger partial charge in [0.15, 0.2) is 5.11 Å². The molecule has 2 rings (SSSR count).